The fraction of sp³-hybridized carbons (Fsp3) is 0.235. The van der Waals surface area contributed by atoms with Crippen LogP contribution >= 0.6 is 11.6 Å². The standard InChI is InChI=1S/C17H19ClN2O3S/c1-17(2,3)16(21)19-13-6-8-14(9-7-13)20-24(22,23)15-10-4-12(18)5-11-15/h4-11,20H,1-3H3,(H,19,21). The molecule has 0 saturated carbocycles. The maximum absolute atomic E-state index is 12.3. The number of nitrogens with one attached hydrogen (secondary N) is 2. The summed E-state index contributed by atoms with van der Waals surface area (Å²) in [5.41, 5.74) is 0.498. The lowest BCUT2D eigenvalue weighted by atomic mass is 9.95. The summed E-state index contributed by atoms with van der Waals surface area (Å²) in [6.07, 6.45) is 0. The van der Waals surface area contributed by atoms with Gasteiger partial charge in [0.25, 0.3) is 10.0 Å². The quantitative estimate of drug-likeness (QED) is 0.854. The number of carbonyl (C=O) groups is 1. The number of halogens is 1. The van der Waals surface area contributed by atoms with Gasteiger partial charge in [-0.25, -0.2) is 8.42 Å². The average molecular weight is 367 g/mol. The van der Waals surface area contributed by atoms with Gasteiger partial charge in [0.05, 0.1) is 4.90 Å². The number of sulfonamides is 1. The fourth-order valence-corrected chi connectivity index (χ4v) is 2.95. The molecule has 0 radical (unpaired) electrons. The van der Waals surface area contributed by atoms with Gasteiger partial charge in [-0.3, -0.25) is 9.52 Å². The zero-order valence-electron chi connectivity index (χ0n) is 13.6. The van der Waals surface area contributed by atoms with Crippen LogP contribution in [0, 0.1) is 5.41 Å². The first-order chi connectivity index (χ1) is 11.1. The van der Waals surface area contributed by atoms with Crippen LogP contribution in [0.15, 0.2) is 53.4 Å². The maximum atomic E-state index is 12.3. The molecule has 24 heavy (non-hydrogen) atoms. The lowest BCUT2D eigenvalue weighted by Crippen LogP contribution is -2.27. The minimum Gasteiger partial charge on any atom is -0.326 e. The highest BCUT2D eigenvalue weighted by Crippen LogP contribution is 2.21. The number of amides is 1. The highest BCUT2D eigenvalue weighted by molar-refractivity contribution is 7.92. The number of carbonyl (C=O) groups excluding carboxylic acids is 1. The summed E-state index contributed by atoms with van der Waals surface area (Å²) < 4.78 is 27.0. The minimum absolute atomic E-state index is 0.114. The first kappa shape index (κ1) is 18.3. The molecule has 0 unspecified atom stereocenters. The van der Waals surface area contributed by atoms with Crippen LogP contribution in [0.1, 0.15) is 20.8 Å². The minimum atomic E-state index is -3.69. The van der Waals surface area contributed by atoms with Gasteiger partial charge in [-0.2, -0.15) is 0 Å². The second-order valence-electron chi connectivity index (χ2n) is 6.34. The molecule has 0 fully saturated rings. The van der Waals surface area contributed by atoms with Crippen molar-refractivity contribution in [2.24, 2.45) is 5.41 Å². The van der Waals surface area contributed by atoms with Crippen LogP contribution in [0.2, 0.25) is 5.02 Å². The van der Waals surface area contributed by atoms with E-state index in [-0.39, 0.29) is 10.8 Å². The SMILES string of the molecule is CC(C)(C)C(=O)Nc1ccc(NS(=O)(=O)c2ccc(Cl)cc2)cc1. The molecule has 0 aliphatic carbocycles. The molecule has 0 aliphatic heterocycles. The van der Waals surface area contributed by atoms with Gasteiger partial charge in [-0.1, -0.05) is 32.4 Å². The van der Waals surface area contributed by atoms with Gasteiger partial charge in [0, 0.05) is 21.8 Å². The van der Waals surface area contributed by atoms with Crippen molar-refractivity contribution in [3.05, 3.63) is 53.6 Å². The second-order valence-corrected chi connectivity index (χ2v) is 8.46. The zero-order chi connectivity index (χ0) is 18.0. The summed E-state index contributed by atoms with van der Waals surface area (Å²) in [6.45, 7) is 5.45. The second kappa shape index (κ2) is 6.83. The van der Waals surface area contributed by atoms with Crippen molar-refractivity contribution in [3.63, 3.8) is 0 Å². The molecule has 0 aliphatic rings. The van der Waals surface area contributed by atoms with E-state index in [4.69, 9.17) is 11.6 Å². The van der Waals surface area contributed by atoms with Gasteiger partial charge in [-0.05, 0) is 48.5 Å². The smallest absolute Gasteiger partial charge is 0.261 e. The van der Waals surface area contributed by atoms with E-state index < -0.39 is 15.4 Å². The molecule has 1 amide bonds. The molecule has 2 N–H and O–H groups in total. The van der Waals surface area contributed by atoms with Crippen molar-refractivity contribution in [2.75, 3.05) is 10.0 Å². The molecule has 0 bridgehead atoms. The van der Waals surface area contributed by atoms with E-state index in [1.54, 1.807) is 24.3 Å². The Balaban J connectivity index is 2.11. The third kappa shape index (κ3) is 4.72. The first-order valence-electron chi connectivity index (χ1n) is 7.28. The van der Waals surface area contributed by atoms with Crippen LogP contribution in [0.3, 0.4) is 0 Å². The van der Waals surface area contributed by atoms with Crippen molar-refractivity contribution >= 4 is 38.9 Å². The molecule has 0 spiro atoms. The molecule has 128 valence electrons. The summed E-state index contributed by atoms with van der Waals surface area (Å²) in [7, 11) is -3.69. The zero-order valence-corrected chi connectivity index (χ0v) is 15.2. The van der Waals surface area contributed by atoms with Crippen molar-refractivity contribution in [1.82, 2.24) is 0 Å². The topological polar surface area (TPSA) is 75.3 Å². The van der Waals surface area contributed by atoms with E-state index in [9.17, 15) is 13.2 Å². The van der Waals surface area contributed by atoms with Crippen molar-refractivity contribution in [3.8, 4) is 0 Å². The fourth-order valence-electron chi connectivity index (χ4n) is 1.77. The van der Waals surface area contributed by atoms with Crippen LogP contribution in [0.4, 0.5) is 11.4 Å². The highest BCUT2D eigenvalue weighted by atomic mass is 35.5. The van der Waals surface area contributed by atoms with Crippen LogP contribution in [-0.2, 0) is 14.8 Å². The van der Waals surface area contributed by atoms with E-state index in [0.29, 0.717) is 16.4 Å². The van der Waals surface area contributed by atoms with E-state index in [0.717, 1.165) is 0 Å². The Kier molecular flexibility index (Phi) is 5.20. The third-order valence-electron chi connectivity index (χ3n) is 3.20. The summed E-state index contributed by atoms with van der Waals surface area (Å²) in [5.74, 6) is -0.114. The summed E-state index contributed by atoms with van der Waals surface area (Å²) in [4.78, 5) is 12.0. The van der Waals surface area contributed by atoms with Crippen molar-refractivity contribution < 1.29 is 13.2 Å². The molecule has 2 rings (SSSR count). The van der Waals surface area contributed by atoms with Gasteiger partial charge < -0.3 is 5.32 Å². The average Bonchev–Trinajstić information content (AvgIpc) is 2.48. The third-order valence-corrected chi connectivity index (χ3v) is 4.85. The van der Waals surface area contributed by atoms with E-state index in [1.165, 1.54) is 24.3 Å². The van der Waals surface area contributed by atoms with Gasteiger partial charge >= 0.3 is 0 Å². The number of hydrogen-bond acceptors (Lipinski definition) is 3. The summed E-state index contributed by atoms with van der Waals surface area (Å²) >= 11 is 5.76. The van der Waals surface area contributed by atoms with Crippen LogP contribution in [0.25, 0.3) is 0 Å². The van der Waals surface area contributed by atoms with E-state index in [1.807, 2.05) is 20.8 Å². The van der Waals surface area contributed by atoms with Crippen LogP contribution in [-0.4, -0.2) is 14.3 Å². The Morgan fingerprint density at radius 2 is 1.42 bits per heavy atom. The Morgan fingerprint density at radius 3 is 1.92 bits per heavy atom. The molecular weight excluding hydrogens is 348 g/mol. The number of anilines is 2. The van der Waals surface area contributed by atoms with Gasteiger partial charge in [-0.15, -0.1) is 0 Å². The van der Waals surface area contributed by atoms with Crippen molar-refractivity contribution in [1.29, 1.82) is 0 Å². The van der Waals surface area contributed by atoms with Gasteiger partial charge in [0.15, 0.2) is 0 Å². The lowest BCUT2D eigenvalue weighted by Gasteiger charge is -2.17. The number of rotatable bonds is 4. The summed E-state index contributed by atoms with van der Waals surface area (Å²) in [5, 5.41) is 3.24. The molecule has 5 nitrogen and oxygen atoms in total. The molecule has 0 heterocycles. The van der Waals surface area contributed by atoms with Crippen LogP contribution in [0.5, 0.6) is 0 Å². The molecule has 0 saturated heterocycles. The number of benzene rings is 2. The Labute approximate surface area is 147 Å². The molecule has 7 heteroatoms. The largest absolute Gasteiger partial charge is 0.326 e. The van der Waals surface area contributed by atoms with Crippen LogP contribution < -0.4 is 10.0 Å². The van der Waals surface area contributed by atoms with Crippen molar-refractivity contribution in [2.45, 2.75) is 25.7 Å². The monoisotopic (exact) mass is 366 g/mol. The van der Waals surface area contributed by atoms with E-state index in [2.05, 4.69) is 10.0 Å². The summed E-state index contributed by atoms with van der Waals surface area (Å²) in [6, 6.07) is 12.4. The Morgan fingerprint density at radius 1 is 0.917 bits per heavy atom. The van der Waals surface area contributed by atoms with Gasteiger partial charge in [0.2, 0.25) is 5.91 Å². The normalized spacial score (nSPS) is 11.8. The predicted octanol–water partition coefficient (Wildman–Crippen LogP) is 4.13. The molecule has 2 aromatic rings. The van der Waals surface area contributed by atoms with E-state index >= 15 is 0 Å². The molecule has 0 aromatic heterocycles. The Bertz CT molecular complexity index is 824. The molecule has 2 aromatic carbocycles. The first-order valence-corrected chi connectivity index (χ1v) is 9.14. The highest BCUT2D eigenvalue weighted by Gasteiger charge is 2.21. The number of hydrogen-bond donors (Lipinski definition) is 2. The molecule has 0 atom stereocenters. The molecular formula is C17H19ClN2O3S. The van der Waals surface area contributed by atoms with Gasteiger partial charge in [0.1, 0.15) is 0 Å². The maximum Gasteiger partial charge on any atom is 0.261 e. The predicted molar refractivity (Wildman–Crippen MR) is 96.8 cm³/mol. The lowest BCUT2D eigenvalue weighted by molar-refractivity contribution is -0.123. The Hall–Kier alpha value is -2.05.